The van der Waals surface area contributed by atoms with Gasteiger partial charge in [0.1, 0.15) is 6.10 Å². The highest BCUT2D eigenvalue weighted by Gasteiger charge is 2.28. The predicted octanol–water partition coefficient (Wildman–Crippen LogP) is 6.16. The van der Waals surface area contributed by atoms with Gasteiger partial charge in [0.15, 0.2) is 23.2 Å². The molecule has 3 aromatic carbocycles. The van der Waals surface area contributed by atoms with Gasteiger partial charge in [-0.2, -0.15) is 0 Å². The number of aliphatic hydroxyl groups excluding tert-OH is 1. The Morgan fingerprint density at radius 3 is 2.26 bits per heavy atom. The van der Waals surface area contributed by atoms with Crippen LogP contribution in [0, 0.1) is 17.5 Å². The van der Waals surface area contributed by atoms with Crippen molar-refractivity contribution in [2.45, 2.75) is 44.3 Å². The van der Waals surface area contributed by atoms with E-state index in [4.69, 9.17) is 14.6 Å². The molecule has 0 aromatic heterocycles. The lowest BCUT2D eigenvalue weighted by atomic mass is 9.82. The first-order chi connectivity index (χ1) is 16.4. The maximum Gasteiger partial charge on any atom is 0.338 e. The number of benzene rings is 3. The van der Waals surface area contributed by atoms with E-state index >= 15 is 0 Å². The van der Waals surface area contributed by atoms with Gasteiger partial charge in [0.05, 0.1) is 19.3 Å². The van der Waals surface area contributed by atoms with E-state index in [9.17, 15) is 18.0 Å². The molecule has 4 rings (SSSR count). The first-order valence-corrected chi connectivity index (χ1v) is 11.1. The van der Waals surface area contributed by atoms with Crippen LogP contribution >= 0.6 is 0 Å². The van der Waals surface area contributed by atoms with E-state index in [0.717, 1.165) is 6.07 Å². The van der Waals surface area contributed by atoms with Crippen molar-refractivity contribution in [1.82, 2.24) is 0 Å². The summed E-state index contributed by atoms with van der Waals surface area (Å²) >= 11 is 0. The minimum atomic E-state index is -0.899. The largest absolute Gasteiger partial charge is 0.494 e. The summed E-state index contributed by atoms with van der Waals surface area (Å²) in [5, 5.41) is 9.15. The molecule has 0 aliphatic heterocycles. The van der Waals surface area contributed by atoms with E-state index in [2.05, 4.69) is 0 Å². The molecular weight excluding hydrogens is 445 g/mol. The SMILES string of the molecule is COc1ccc(C(=O)OC2CCC(c3ccc(-c4ccc(CO)cc4)c(F)c3F)CC2)cc1F. The van der Waals surface area contributed by atoms with Crippen LogP contribution < -0.4 is 4.74 Å². The number of carbonyl (C=O) groups excluding carboxylic acids is 1. The Morgan fingerprint density at radius 2 is 1.65 bits per heavy atom. The van der Waals surface area contributed by atoms with Gasteiger partial charge in [0.2, 0.25) is 0 Å². The van der Waals surface area contributed by atoms with Crippen LogP contribution in [0.3, 0.4) is 0 Å². The van der Waals surface area contributed by atoms with Gasteiger partial charge in [-0.05, 0) is 66.5 Å². The van der Waals surface area contributed by atoms with Crippen molar-refractivity contribution in [1.29, 1.82) is 0 Å². The lowest BCUT2D eigenvalue weighted by molar-refractivity contribution is 0.0193. The molecule has 0 saturated heterocycles. The third-order valence-electron chi connectivity index (χ3n) is 6.33. The number of esters is 1. The molecule has 4 nitrogen and oxygen atoms in total. The lowest BCUT2D eigenvalue weighted by Crippen LogP contribution is -2.24. The van der Waals surface area contributed by atoms with Crippen LogP contribution in [0.1, 0.15) is 53.1 Å². The summed E-state index contributed by atoms with van der Waals surface area (Å²) in [5.74, 6) is -3.18. The standard InChI is InChI=1S/C27H25F3O4/c1-33-24-13-8-19(14-23(24)28)27(32)34-20-9-6-18(7-10-20)22-12-11-21(25(29)26(22)30)17-4-2-16(15-31)3-5-17/h2-5,8,11-14,18,20,31H,6-7,9-10,15H2,1H3. The van der Waals surface area contributed by atoms with Crippen LogP contribution in [-0.2, 0) is 11.3 Å². The highest BCUT2D eigenvalue weighted by atomic mass is 19.2. The zero-order valence-electron chi connectivity index (χ0n) is 18.7. The molecule has 0 unspecified atom stereocenters. The van der Waals surface area contributed by atoms with Crippen LogP contribution in [0.4, 0.5) is 13.2 Å². The lowest BCUT2D eigenvalue weighted by Gasteiger charge is -2.29. The summed E-state index contributed by atoms with van der Waals surface area (Å²) in [6, 6.07) is 13.7. The summed E-state index contributed by atoms with van der Waals surface area (Å²) in [5.41, 5.74) is 1.80. The second kappa shape index (κ2) is 10.3. The van der Waals surface area contributed by atoms with Gasteiger partial charge in [0.25, 0.3) is 0 Å². The third-order valence-corrected chi connectivity index (χ3v) is 6.33. The molecule has 1 fully saturated rings. The molecule has 1 saturated carbocycles. The van der Waals surface area contributed by atoms with Crippen molar-refractivity contribution in [3.63, 3.8) is 0 Å². The number of rotatable bonds is 6. The number of methoxy groups -OCH3 is 1. The van der Waals surface area contributed by atoms with E-state index in [1.54, 1.807) is 36.4 Å². The average Bonchev–Trinajstić information content (AvgIpc) is 2.86. The molecule has 0 heterocycles. The fraction of sp³-hybridized carbons (Fsp3) is 0.296. The monoisotopic (exact) mass is 470 g/mol. The molecule has 3 aromatic rings. The molecule has 0 atom stereocenters. The third kappa shape index (κ3) is 4.94. The average molecular weight is 470 g/mol. The van der Waals surface area contributed by atoms with Gasteiger partial charge in [-0.25, -0.2) is 18.0 Å². The van der Waals surface area contributed by atoms with E-state index in [1.807, 2.05) is 0 Å². The number of hydrogen-bond acceptors (Lipinski definition) is 4. The van der Waals surface area contributed by atoms with Crippen molar-refractivity contribution in [2.75, 3.05) is 7.11 Å². The highest BCUT2D eigenvalue weighted by molar-refractivity contribution is 5.89. The second-order valence-electron chi connectivity index (χ2n) is 8.41. The van der Waals surface area contributed by atoms with Gasteiger partial charge >= 0.3 is 5.97 Å². The van der Waals surface area contributed by atoms with Gasteiger partial charge in [-0.1, -0.05) is 36.4 Å². The van der Waals surface area contributed by atoms with Crippen LogP contribution in [0.2, 0.25) is 0 Å². The van der Waals surface area contributed by atoms with Crippen molar-refractivity contribution in [3.05, 3.63) is 88.7 Å². The molecule has 1 aliphatic carbocycles. The molecule has 34 heavy (non-hydrogen) atoms. The summed E-state index contributed by atoms with van der Waals surface area (Å²) < 4.78 is 54.1. The Labute approximate surface area is 196 Å². The van der Waals surface area contributed by atoms with Gasteiger partial charge < -0.3 is 14.6 Å². The Balaban J connectivity index is 1.40. The molecule has 0 spiro atoms. The Bertz CT molecular complexity index is 1170. The maximum atomic E-state index is 15.0. The van der Waals surface area contributed by atoms with E-state index < -0.39 is 23.4 Å². The molecule has 0 radical (unpaired) electrons. The zero-order valence-corrected chi connectivity index (χ0v) is 18.7. The van der Waals surface area contributed by atoms with Gasteiger partial charge in [-0.15, -0.1) is 0 Å². The second-order valence-corrected chi connectivity index (χ2v) is 8.41. The number of aliphatic hydroxyl groups is 1. The van der Waals surface area contributed by atoms with Crippen LogP contribution in [0.25, 0.3) is 11.1 Å². The Hall–Kier alpha value is -3.32. The summed E-state index contributed by atoms with van der Waals surface area (Å²) in [7, 11) is 1.34. The first kappa shape index (κ1) is 23.8. The van der Waals surface area contributed by atoms with Crippen LogP contribution in [-0.4, -0.2) is 24.3 Å². The van der Waals surface area contributed by atoms with Gasteiger partial charge in [0, 0.05) is 5.56 Å². The number of hydrogen-bond donors (Lipinski definition) is 1. The molecule has 1 aliphatic rings. The molecule has 178 valence electrons. The molecular formula is C27H25F3O4. The summed E-state index contributed by atoms with van der Waals surface area (Å²) in [6.07, 6.45) is 1.71. The first-order valence-electron chi connectivity index (χ1n) is 11.1. The summed E-state index contributed by atoms with van der Waals surface area (Å²) in [4.78, 5) is 12.4. The quantitative estimate of drug-likeness (QED) is 0.439. The van der Waals surface area contributed by atoms with Crippen LogP contribution in [0.15, 0.2) is 54.6 Å². The minimum absolute atomic E-state index is 0.0412. The normalized spacial score (nSPS) is 17.9. The van der Waals surface area contributed by atoms with Crippen molar-refractivity contribution < 1.29 is 32.5 Å². The van der Waals surface area contributed by atoms with Crippen LogP contribution in [0.5, 0.6) is 5.75 Å². The fourth-order valence-electron chi connectivity index (χ4n) is 4.40. The van der Waals surface area contributed by atoms with E-state index in [1.165, 1.54) is 19.2 Å². The van der Waals surface area contributed by atoms with Gasteiger partial charge in [-0.3, -0.25) is 0 Å². The molecule has 0 bridgehead atoms. The van der Waals surface area contributed by atoms with Crippen molar-refractivity contribution in [2.24, 2.45) is 0 Å². The maximum absolute atomic E-state index is 15.0. The van der Waals surface area contributed by atoms with Crippen molar-refractivity contribution in [3.8, 4) is 16.9 Å². The van der Waals surface area contributed by atoms with E-state index in [-0.39, 0.29) is 35.5 Å². The Morgan fingerprint density at radius 1 is 0.941 bits per heavy atom. The highest BCUT2D eigenvalue weighted by Crippen LogP contribution is 2.38. The smallest absolute Gasteiger partial charge is 0.338 e. The number of halogens is 3. The topological polar surface area (TPSA) is 55.8 Å². The Kier molecular flexibility index (Phi) is 7.22. The fourth-order valence-corrected chi connectivity index (χ4v) is 4.40. The van der Waals surface area contributed by atoms with E-state index in [0.29, 0.717) is 42.4 Å². The molecule has 1 N–H and O–H groups in total. The predicted molar refractivity (Wildman–Crippen MR) is 121 cm³/mol. The number of carbonyl (C=O) groups is 1. The minimum Gasteiger partial charge on any atom is -0.494 e. The number of ether oxygens (including phenoxy) is 2. The summed E-state index contributed by atoms with van der Waals surface area (Å²) in [6.45, 7) is -0.120. The molecule has 7 heteroatoms. The zero-order chi connectivity index (χ0) is 24.2. The molecule has 0 amide bonds. The van der Waals surface area contributed by atoms with Crippen molar-refractivity contribution >= 4 is 5.97 Å².